The Hall–Kier alpha value is -2.29. The van der Waals surface area contributed by atoms with Crippen molar-refractivity contribution in [2.45, 2.75) is 18.0 Å². The second-order valence-corrected chi connectivity index (χ2v) is 8.23. The Balaban J connectivity index is 1.95. The van der Waals surface area contributed by atoms with E-state index >= 15 is 0 Å². The summed E-state index contributed by atoms with van der Waals surface area (Å²) < 4.78 is 10.7. The number of nitrogens with one attached hydrogen (secondary N) is 1. The van der Waals surface area contributed by atoms with E-state index in [1.54, 1.807) is 18.3 Å². The number of anilines is 1. The molecule has 0 spiro atoms. The number of amides is 1. The molecule has 10 heteroatoms. The molecule has 0 saturated heterocycles. The summed E-state index contributed by atoms with van der Waals surface area (Å²) in [4.78, 5) is 26.0. The molecule has 1 aliphatic carbocycles. The van der Waals surface area contributed by atoms with Gasteiger partial charge >= 0.3 is 0 Å². The summed E-state index contributed by atoms with van der Waals surface area (Å²) in [5.74, 6) is 1.06. The van der Waals surface area contributed by atoms with Gasteiger partial charge in [0, 0.05) is 29.1 Å². The van der Waals surface area contributed by atoms with Gasteiger partial charge in [0.25, 0.3) is 0 Å². The van der Waals surface area contributed by atoms with Crippen molar-refractivity contribution in [3.63, 3.8) is 0 Å². The molecule has 1 saturated carbocycles. The Morgan fingerprint density at radius 2 is 1.80 bits per heavy atom. The van der Waals surface area contributed by atoms with E-state index in [0.29, 0.717) is 44.6 Å². The van der Waals surface area contributed by atoms with Crippen molar-refractivity contribution in [3.05, 3.63) is 28.4 Å². The monoisotopic (exact) mass is 464 g/mol. The predicted molar refractivity (Wildman–Crippen MR) is 119 cm³/mol. The fourth-order valence-electron chi connectivity index (χ4n) is 3.01. The zero-order chi connectivity index (χ0) is 21.4. The number of carbonyl (C=O) groups is 1. The van der Waals surface area contributed by atoms with E-state index in [9.17, 15) is 4.79 Å². The lowest BCUT2D eigenvalue weighted by atomic mass is 10.1. The van der Waals surface area contributed by atoms with E-state index in [1.165, 1.54) is 26.0 Å². The van der Waals surface area contributed by atoms with Gasteiger partial charge < -0.3 is 14.8 Å². The zero-order valence-corrected chi connectivity index (χ0v) is 18.8. The number of thioether (sulfide) groups is 1. The normalized spacial score (nSPS) is 13.4. The smallest absolute Gasteiger partial charge is 0.228 e. The third-order valence-electron chi connectivity index (χ3n) is 4.75. The molecule has 3 aromatic rings. The molecule has 1 aliphatic rings. The number of halogens is 2. The molecular formula is C20H18Cl2N4O3S. The van der Waals surface area contributed by atoms with Crippen LogP contribution >= 0.6 is 35.0 Å². The van der Waals surface area contributed by atoms with Gasteiger partial charge in [-0.25, -0.2) is 15.0 Å². The summed E-state index contributed by atoms with van der Waals surface area (Å²) in [5.41, 5.74) is 1.43. The van der Waals surface area contributed by atoms with Crippen LogP contribution in [0.5, 0.6) is 11.5 Å². The molecule has 1 fully saturated rings. The minimum absolute atomic E-state index is 0.0106. The first-order chi connectivity index (χ1) is 14.5. The number of hydrogen-bond acceptors (Lipinski definition) is 7. The second-order valence-electron chi connectivity index (χ2n) is 6.70. The van der Waals surface area contributed by atoms with Gasteiger partial charge in [0.05, 0.1) is 30.0 Å². The number of benzene rings is 1. The molecule has 1 amide bonds. The fourth-order valence-corrected chi connectivity index (χ4v) is 4.05. The molecule has 0 radical (unpaired) electrons. The van der Waals surface area contributed by atoms with Crippen LogP contribution in [0.15, 0.2) is 23.5 Å². The molecular weight excluding hydrogens is 447 g/mol. The van der Waals surface area contributed by atoms with E-state index in [2.05, 4.69) is 20.3 Å². The lowest BCUT2D eigenvalue weighted by Gasteiger charge is -2.16. The number of methoxy groups -OCH3 is 2. The highest BCUT2D eigenvalue weighted by molar-refractivity contribution is 7.98. The average Bonchev–Trinajstić information content (AvgIpc) is 3.59. The third-order valence-corrected chi connectivity index (χ3v) is 6.06. The highest BCUT2D eigenvalue weighted by Gasteiger charge is 2.30. The summed E-state index contributed by atoms with van der Waals surface area (Å²) in [5, 5.41) is 4.76. The van der Waals surface area contributed by atoms with E-state index in [1.807, 2.05) is 6.26 Å². The summed E-state index contributed by atoms with van der Waals surface area (Å²) >= 11 is 14.5. The van der Waals surface area contributed by atoms with Gasteiger partial charge in [-0.2, -0.15) is 0 Å². The van der Waals surface area contributed by atoms with Crippen LogP contribution in [0.25, 0.3) is 22.2 Å². The number of ether oxygens (including phenoxy) is 2. The standard InChI is InChI=1S/C20H18Cl2N4O3S/c1-28-12-7-13(29-2)16(22)14(15(12)21)11-6-10-8-23-20(30-3)25-17(10)18(24-11)26-19(27)9-4-5-9/h6-9H,4-5H2,1-3H3,(H,24,26,27). The minimum atomic E-state index is -0.0781. The Labute approximate surface area is 187 Å². The molecule has 30 heavy (non-hydrogen) atoms. The van der Waals surface area contributed by atoms with E-state index in [0.717, 1.165) is 12.8 Å². The lowest BCUT2D eigenvalue weighted by molar-refractivity contribution is -0.117. The Morgan fingerprint density at radius 3 is 2.37 bits per heavy atom. The van der Waals surface area contributed by atoms with Crippen molar-refractivity contribution >= 4 is 57.6 Å². The molecule has 0 unspecified atom stereocenters. The Bertz CT molecular complexity index is 1130. The van der Waals surface area contributed by atoms with Gasteiger partial charge in [-0.3, -0.25) is 4.79 Å². The third kappa shape index (κ3) is 3.87. The number of aromatic nitrogens is 3. The molecule has 1 N–H and O–H groups in total. The van der Waals surface area contributed by atoms with Crippen LogP contribution in [-0.2, 0) is 4.79 Å². The topological polar surface area (TPSA) is 86.2 Å². The Morgan fingerprint density at radius 1 is 1.13 bits per heavy atom. The predicted octanol–water partition coefficient (Wildman–Crippen LogP) is 5.09. The average molecular weight is 465 g/mol. The highest BCUT2D eigenvalue weighted by atomic mass is 35.5. The van der Waals surface area contributed by atoms with Crippen LogP contribution in [0, 0.1) is 5.92 Å². The van der Waals surface area contributed by atoms with Crippen LogP contribution in [0.1, 0.15) is 12.8 Å². The van der Waals surface area contributed by atoms with Gasteiger partial charge in [0.1, 0.15) is 17.0 Å². The minimum Gasteiger partial charge on any atom is -0.495 e. The van der Waals surface area contributed by atoms with Crippen molar-refractivity contribution in [1.29, 1.82) is 0 Å². The number of nitrogens with zero attached hydrogens (tertiary/aromatic N) is 3. The number of pyridine rings is 1. The zero-order valence-electron chi connectivity index (χ0n) is 16.5. The van der Waals surface area contributed by atoms with Crippen molar-refractivity contribution in [3.8, 4) is 22.8 Å². The van der Waals surface area contributed by atoms with E-state index < -0.39 is 0 Å². The maximum atomic E-state index is 12.5. The maximum absolute atomic E-state index is 12.5. The number of hydrogen-bond donors (Lipinski definition) is 1. The van der Waals surface area contributed by atoms with Gasteiger partial charge in [-0.1, -0.05) is 35.0 Å². The van der Waals surface area contributed by atoms with E-state index in [4.69, 9.17) is 32.7 Å². The van der Waals surface area contributed by atoms with Crippen LogP contribution in [-0.4, -0.2) is 41.3 Å². The fraction of sp³-hybridized carbons (Fsp3) is 0.300. The summed E-state index contributed by atoms with van der Waals surface area (Å²) in [6.07, 6.45) is 5.32. The van der Waals surface area contributed by atoms with Crippen LogP contribution in [0.4, 0.5) is 5.82 Å². The Kier molecular flexibility index (Phi) is 5.90. The first-order valence-corrected chi connectivity index (χ1v) is 11.1. The molecule has 4 rings (SSSR count). The largest absolute Gasteiger partial charge is 0.495 e. The molecule has 1 aromatic carbocycles. The van der Waals surface area contributed by atoms with Gasteiger partial charge in [-0.15, -0.1) is 0 Å². The molecule has 0 aliphatic heterocycles. The quantitative estimate of drug-likeness (QED) is 0.401. The first-order valence-electron chi connectivity index (χ1n) is 9.09. The maximum Gasteiger partial charge on any atom is 0.228 e. The number of carbonyl (C=O) groups excluding carboxylic acids is 1. The molecule has 156 valence electrons. The summed E-state index contributed by atoms with van der Waals surface area (Å²) in [7, 11) is 3.01. The molecule has 0 bridgehead atoms. The molecule has 0 atom stereocenters. The molecule has 2 heterocycles. The second kappa shape index (κ2) is 8.45. The number of fused-ring (bicyclic) bond motifs is 1. The van der Waals surface area contributed by atoms with Crippen molar-refractivity contribution in [2.75, 3.05) is 25.8 Å². The molecule has 7 nitrogen and oxygen atoms in total. The van der Waals surface area contributed by atoms with Crippen molar-refractivity contribution < 1.29 is 14.3 Å². The van der Waals surface area contributed by atoms with Crippen LogP contribution in [0.3, 0.4) is 0 Å². The van der Waals surface area contributed by atoms with Crippen molar-refractivity contribution in [2.24, 2.45) is 5.92 Å². The highest BCUT2D eigenvalue weighted by Crippen LogP contribution is 2.46. The van der Waals surface area contributed by atoms with Gasteiger partial charge in [0.2, 0.25) is 5.91 Å². The van der Waals surface area contributed by atoms with Crippen LogP contribution in [0.2, 0.25) is 10.0 Å². The van der Waals surface area contributed by atoms with Crippen LogP contribution < -0.4 is 14.8 Å². The van der Waals surface area contributed by atoms with Gasteiger partial charge in [-0.05, 0) is 25.2 Å². The summed E-state index contributed by atoms with van der Waals surface area (Å²) in [6, 6.07) is 3.39. The molecule has 2 aromatic heterocycles. The lowest BCUT2D eigenvalue weighted by Crippen LogP contribution is -2.15. The summed E-state index contributed by atoms with van der Waals surface area (Å²) in [6.45, 7) is 0. The SMILES string of the molecule is COc1cc(OC)c(Cl)c(-c2cc3cnc(SC)nc3c(NC(=O)C3CC3)n2)c1Cl. The van der Waals surface area contributed by atoms with E-state index in [-0.39, 0.29) is 21.9 Å². The first kappa shape index (κ1) is 21.0. The number of rotatable bonds is 6. The van der Waals surface area contributed by atoms with Crippen molar-refractivity contribution in [1.82, 2.24) is 15.0 Å². The van der Waals surface area contributed by atoms with Gasteiger partial charge in [0.15, 0.2) is 11.0 Å².